The van der Waals surface area contributed by atoms with Gasteiger partial charge in [0.25, 0.3) is 0 Å². The number of nitrogens with zero attached hydrogens (tertiary/aromatic N) is 1. The minimum Gasteiger partial charge on any atom is -0.351 e. The quantitative estimate of drug-likeness (QED) is 0.542. The summed E-state index contributed by atoms with van der Waals surface area (Å²) in [5.74, 6) is 0. The average Bonchev–Trinajstić information content (AvgIpc) is 2.14. The number of hydrogen-bond donors (Lipinski definition) is 1. The molecule has 0 spiro atoms. The molecule has 5 heteroatoms. The lowest BCUT2D eigenvalue weighted by molar-refractivity contribution is 0.214. The van der Waals surface area contributed by atoms with E-state index in [4.69, 9.17) is 5.73 Å². The number of alkyl halides is 1. The zero-order valence-electron chi connectivity index (χ0n) is 5.42. The molecule has 0 radical (unpaired) electrons. The Bertz CT molecular complexity index is 136. The Balaban J connectivity index is 0. The number of urea groups is 1. The Morgan fingerprint density at radius 2 is 2.40 bits per heavy atom. The van der Waals surface area contributed by atoms with E-state index in [1.54, 1.807) is 0 Å². The van der Waals surface area contributed by atoms with Crippen LogP contribution in [0.3, 0.4) is 0 Å². The summed E-state index contributed by atoms with van der Waals surface area (Å²) in [5, 5.41) is 0. The minimum atomic E-state index is -0.863. The summed E-state index contributed by atoms with van der Waals surface area (Å²) in [6, 6.07) is -0.518. The molecule has 2 N–H and O–H groups in total. The van der Waals surface area contributed by atoms with Crippen molar-refractivity contribution in [3.63, 3.8) is 0 Å². The lowest BCUT2D eigenvalue weighted by Crippen LogP contribution is -2.33. The van der Waals surface area contributed by atoms with Crippen LogP contribution in [0.15, 0.2) is 0 Å². The summed E-state index contributed by atoms with van der Waals surface area (Å²) in [4.78, 5) is 11.6. The summed E-state index contributed by atoms with van der Waals surface area (Å²) < 4.78 is 12.3. The molecular weight excluding hydrogens is 142 g/mol. The van der Waals surface area contributed by atoms with E-state index in [0.717, 1.165) is 0 Å². The molecular formula is C5H12F2N2O. The van der Waals surface area contributed by atoms with E-state index >= 15 is 0 Å². The van der Waals surface area contributed by atoms with Crippen LogP contribution < -0.4 is 5.73 Å². The first-order valence-corrected chi connectivity index (χ1v) is 2.88. The molecule has 0 unspecified atom stereocenters. The van der Waals surface area contributed by atoms with Gasteiger partial charge in [0.05, 0.1) is 6.54 Å². The number of carbonyl (C=O) groups is 1. The monoisotopic (exact) mass is 154 g/mol. The molecule has 0 aromatic heterocycles. The third kappa shape index (κ3) is 1.82. The van der Waals surface area contributed by atoms with Crippen molar-refractivity contribution < 1.29 is 15.3 Å². The normalized spacial score (nSPS) is 24.1. The van der Waals surface area contributed by atoms with Crippen LogP contribution in [0, 0.1) is 0 Å². The second kappa shape index (κ2) is 3.34. The first kappa shape index (κ1) is 9.13. The number of likely N-dealkylation sites (tertiary alicyclic amines) is 1. The van der Waals surface area contributed by atoms with Crippen LogP contribution in [-0.4, -0.2) is 30.2 Å². The third-order valence-electron chi connectivity index (χ3n) is 1.44. The van der Waals surface area contributed by atoms with Gasteiger partial charge >= 0.3 is 6.03 Å². The summed E-state index contributed by atoms with van der Waals surface area (Å²) in [6.07, 6.45) is -0.430. The topological polar surface area (TPSA) is 46.3 Å². The van der Waals surface area contributed by atoms with Crippen LogP contribution in [0.25, 0.3) is 0 Å². The number of rotatable bonds is 0. The van der Waals surface area contributed by atoms with E-state index < -0.39 is 12.2 Å². The van der Waals surface area contributed by atoms with E-state index in [2.05, 4.69) is 0 Å². The van der Waals surface area contributed by atoms with Crippen molar-refractivity contribution in [1.29, 1.82) is 0 Å². The Kier molecular flexibility index (Phi) is 3.05. The lowest BCUT2D eigenvalue weighted by atomic mass is 10.3. The third-order valence-corrected chi connectivity index (χ3v) is 1.44. The van der Waals surface area contributed by atoms with Gasteiger partial charge in [-0.25, -0.2) is 9.18 Å². The van der Waals surface area contributed by atoms with Gasteiger partial charge < -0.3 is 10.6 Å². The van der Waals surface area contributed by atoms with Gasteiger partial charge in [-0.1, -0.05) is 0 Å². The van der Waals surface area contributed by atoms with Crippen molar-refractivity contribution >= 4 is 6.03 Å². The highest BCUT2D eigenvalue weighted by Crippen LogP contribution is 2.10. The number of primary amides is 1. The fourth-order valence-corrected chi connectivity index (χ4v) is 0.918. The van der Waals surface area contributed by atoms with E-state index in [-0.39, 0.29) is 12.7 Å². The van der Waals surface area contributed by atoms with Crippen LogP contribution in [0.4, 0.5) is 13.9 Å². The highest BCUT2D eigenvalue weighted by atomic mass is 19.1. The zero-order chi connectivity index (χ0) is 6.85. The maximum absolute atomic E-state index is 12.3. The van der Waals surface area contributed by atoms with Gasteiger partial charge in [0.15, 0.2) is 0 Å². The van der Waals surface area contributed by atoms with Crippen LogP contribution >= 0.6 is 0 Å². The molecule has 0 aliphatic carbocycles. The summed E-state index contributed by atoms with van der Waals surface area (Å²) in [5.41, 5.74) is 4.88. The average molecular weight is 154 g/mol. The Morgan fingerprint density at radius 1 is 1.80 bits per heavy atom. The van der Waals surface area contributed by atoms with Crippen molar-refractivity contribution in [2.75, 3.05) is 13.1 Å². The van der Waals surface area contributed by atoms with Crippen LogP contribution in [-0.2, 0) is 0 Å². The maximum atomic E-state index is 12.3. The standard InChI is InChI=1S/C5H9FN2O.FH.H2/c6-4-1-2-8(3-4)5(7)9;;/h4H,1-3H2,(H2,7,9);2*1H/t4-;;/m0../s1. The van der Waals surface area contributed by atoms with Crippen molar-refractivity contribution in [3.05, 3.63) is 0 Å². The van der Waals surface area contributed by atoms with E-state index in [1.165, 1.54) is 4.90 Å². The van der Waals surface area contributed by atoms with Gasteiger partial charge in [-0.3, -0.25) is 4.70 Å². The molecule has 0 saturated carbocycles. The maximum Gasteiger partial charge on any atom is 0.314 e. The second-order valence-corrected chi connectivity index (χ2v) is 2.17. The SMILES string of the molecule is F.NC(=O)N1CC[C@H](F)C1.[HH]. The Labute approximate surface area is 58.8 Å². The first-order chi connectivity index (χ1) is 4.20. The molecule has 0 bridgehead atoms. The van der Waals surface area contributed by atoms with Gasteiger partial charge in [-0.15, -0.1) is 0 Å². The van der Waals surface area contributed by atoms with E-state index in [9.17, 15) is 9.18 Å². The Hall–Kier alpha value is -0.870. The molecule has 2 amide bonds. The summed E-state index contributed by atoms with van der Waals surface area (Å²) in [6.45, 7) is 0.645. The van der Waals surface area contributed by atoms with Crippen molar-refractivity contribution in [1.82, 2.24) is 4.90 Å². The zero-order valence-corrected chi connectivity index (χ0v) is 5.42. The number of hydrogen-bond acceptors (Lipinski definition) is 1. The van der Waals surface area contributed by atoms with Gasteiger partial charge in [-0.05, 0) is 6.42 Å². The molecule has 1 rings (SSSR count). The van der Waals surface area contributed by atoms with Gasteiger partial charge in [-0.2, -0.15) is 0 Å². The molecule has 0 aromatic rings. The largest absolute Gasteiger partial charge is 0.351 e. The highest BCUT2D eigenvalue weighted by molar-refractivity contribution is 5.72. The number of amides is 2. The van der Waals surface area contributed by atoms with Crippen molar-refractivity contribution in [3.8, 4) is 0 Å². The van der Waals surface area contributed by atoms with Crippen molar-refractivity contribution in [2.45, 2.75) is 12.6 Å². The smallest absolute Gasteiger partial charge is 0.314 e. The Morgan fingerprint density at radius 3 is 2.60 bits per heavy atom. The van der Waals surface area contributed by atoms with Gasteiger partial charge in [0, 0.05) is 7.97 Å². The molecule has 62 valence electrons. The number of carbonyl (C=O) groups excluding carboxylic acids is 1. The number of nitrogens with two attached hydrogens (primary N) is 1. The van der Waals surface area contributed by atoms with Gasteiger partial charge in [0.2, 0.25) is 0 Å². The summed E-state index contributed by atoms with van der Waals surface area (Å²) in [7, 11) is 0. The molecule has 10 heavy (non-hydrogen) atoms. The molecule has 1 aliphatic rings. The van der Waals surface area contributed by atoms with E-state index in [0.29, 0.717) is 13.0 Å². The molecule has 3 nitrogen and oxygen atoms in total. The fourth-order valence-electron chi connectivity index (χ4n) is 0.918. The van der Waals surface area contributed by atoms with Crippen LogP contribution in [0.5, 0.6) is 0 Å². The minimum absolute atomic E-state index is 0. The molecule has 1 aliphatic heterocycles. The van der Waals surface area contributed by atoms with Gasteiger partial charge in [0.1, 0.15) is 6.17 Å². The lowest BCUT2D eigenvalue weighted by Gasteiger charge is -2.09. The molecule has 1 atom stereocenters. The predicted molar refractivity (Wildman–Crippen MR) is 35.3 cm³/mol. The second-order valence-electron chi connectivity index (χ2n) is 2.17. The molecule has 1 heterocycles. The van der Waals surface area contributed by atoms with E-state index in [1.807, 2.05) is 0 Å². The molecule has 0 aromatic carbocycles. The van der Waals surface area contributed by atoms with Crippen molar-refractivity contribution in [2.24, 2.45) is 5.73 Å². The number of halogens is 2. The predicted octanol–water partition coefficient (Wildman–Crippen LogP) is 0.507. The molecule has 1 saturated heterocycles. The first-order valence-electron chi connectivity index (χ1n) is 2.88. The van der Waals surface area contributed by atoms with Crippen LogP contribution in [0.2, 0.25) is 0 Å². The highest BCUT2D eigenvalue weighted by Gasteiger charge is 2.23. The summed E-state index contributed by atoms with van der Waals surface area (Å²) >= 11 is 0. The van der Waals surface area contributed by atoms with Crippen LogP contribution in [0.1, 0.15) is 7.85 Å². The fraction of sp³-hybridized carbons (Fsp3) is 0.800. The molecule has 1 fully saturated rings.